The van der Waals surface area contributed by atoms with Crippen molar-refractivity contribution >= 4 is 27.6 Å². The fourth-order valence-corrected chi connectivity index (χ4v) is 4.15. The van der Waals surface area contributed by atoms with E-state index in [4.69, 9.17) is 4.74 Å². The number of nitrogens with one attached hydrogen (secondary N) is 3. The quantitative estimate of drug-likeness (QED) is 0.562. The minimum Gasteiger partial charge on any atom is -0.494 e. The highest BCUT2D eigenvalue weighted by molar-refractivity contribution is 7.91. The minimum absolute atomic E-state index is 0.0306. The first-order valence-electron chi connectivity index (χ1n) is 8.11. The van der Waals surface area contributed by atoms with Crippen molar-refractivity contribution in [3.05, 3.63) is 29.8 Å². The zero-order chi connectivity index (χ0) is 19.2. The van der Waals surface area contributed by atoms with Gasteiger partial charge in [-0.15, -0.1) is 0 Å². The Morgan fingerprint density at radius 3 is 2.42 bits per heavy atom. The zero-order valence-electron chi connectivity index (χ0n) is 14.3. The highest BCUT2D eigenvalue weighted by Gasteiger charge is 2.33. The first kappa shape index (κ1) is 19.7. The fraction of sp³-hybridized carbons (Fsp3) is 0.438. The molecule has 0 saturated carbocycles. The molecule has 3 N–H and O–H groups in total. The number of ether oxygens (including phenoxy) is 1. The van der Waals surface area contributed by atoms with Crippen LogP contribution in [0.2, 0.25) is 0 Å². The number of amides is 3. The lowest BCUT2D eigenvalue weighted by Gasteiger charge is -2.11. The highest BCUT2D eigenvalue weighted by Crippen LogP contribution is 2.18. The van der Waals surface area contributed by atoms with E-state index in [2.05, 4.69) is 16.2 Å². The van der Waals surface area contributed by atoms with Gasteiger partial charge < -0.3 is 10.1 Å². The fourth-order valence-electron chi connectivity index (χ4n) is 2.41. The van der Waals surface area contributed by atoms with Gasteiger partial charge in [-0.3, -0.25) is 25.2 Å². The first-order valence-corrected chi connectivity index (χ1v) is 9.93. The molecule has 0 spiro atoms. The lowest BCUT2D eigenvalue weighted by molar-refractivity contribution is -0.130. The van der Waals surface area contributed by atoms with Gasteiger partial charge in [-0.05, 0) is 37.6 Å². The molecule has 0 aromatic heterocycles. The van der Waals surface area contributed by atoms with E-state index in [0.29, 0.717) is 17.9 Å². The number of hydrogen-bond donors (Lipinski definition) is 3. The maximum Gasteiger partial charge on any atom is 0.257 e. The van der Waals surface area contributed by atoms with Gasteiger partial charge in [0.1, 0.15) is 5.75 Å². The van der Waals surface area contributed by atoms with Crippen molar-refractivity contribution in [3.63, 3.8) is 0 Å². The van der Waals surface area contributed by atoms with Crippen molar-refractivity contribution in [2.75, 3.05) is 24.7 Å². The normalized spacial score (nSPS) is 18.0. The summed E-state index contributed by atoms with van der Waals surface area (Å²) in [4.78, 5) is 35.4. The summed E-state index contributed by atoms with van der Waals surface area (Å²) in [6.45, 7) is 2.03. The van der Waals surface area contributed by atoms with Gasteiger partial charge in [-0.1, -0.05) is 0 Å². The highest BCUT2D eigenvalue weighted by atomic mass is 32.2. The van der Waals surface area contributed by atoms with Gasteiger partial charge in [-0.25, -0.2) is 8.42 Å². The molecule has 1 saturated heterocycles. The average Bonchev–Trinajstić information content (AvgIpc) is 2.98. The Bertz CT molecular complexity index is 776. The van der Waals surface area contributed by atoms with Gasteiger partial charge >= 0.3 is 0 Å². The number of carbonyl (C=O) groups is 3. The molecule has 0 radical (unpaired) electrons. The molecular formula is C16H21N3O6S. The summed E-state index contributed by atoms with van der Waals surface area (Å²) in [5.74, 6) is -1.91. The molecule has 1 fully saturated rings. The summed E-state index contributed by atoms with van der Waals surface area (Å²) in [5, 5.41) is 2.42. The smallest absolute Gasteiger partial charge is 0.257 e. The van der Waals surface area contributed by atoms with Crippen LogP contribution in [0.5, 0.6) is 5.75 Å². The topological polar surface area (TPSA) is 131 Å². The Hall–Kier alpha value is -2.62. The first-order chi connectivity index (χ1) is 12.3. The summed E-state index contributed by atoms with van der Waals surface area (Å²) in [7, 11) is -3.18. The molecule has 0 aliphatic carbocycles. The van der Waals surface area contributed by atoms with Crippen LogP contribution in [0.4, 0.5) is 0 Å². The van der Waals surface area contributed by atoms with Crippen LogP contribution < -0.4 is 20.9 Å². The Morgan fingerprint density at radius 2 is 1.85 bits per heavy atom. The monoisotopic (exact) mass is 383 g/mol. The molecule has 3 amide bonds. The Labute approximate surface area is 151 Å². The molecule has 1 aromatic carbocycles. The maximum absolute atomic E-state index is 12.0. The lowest BCUT2D eigenvalue weighted by Crippen LogP contribution is -2.48. The largest absolute Gasteiger partial charge is 0.494 e. The summed E-state index contributed by atoms with van der Waals surface area (Å²) >= 11 is 0. The van der Waals surface area contributed by atoms with Crippen LogP contribution in [0.3, 0.4) is 0 Å². The molecule has 0 unspecified atom stereocenters. The van der Waals surface area contributed by atoms with Crippen LogP contribution in [0, 0.1) is 5.92 Å². The van der Waals surface area contributed by atoms with Gasteiger partial charge in [0.15, 0.2) is 9.84 Å². The lowest BCUT2D eigenvalue weighted by atomic mass is 10.1. The molecule has 10 heteroatoms. The van der Waals surface area contributed by atoms with E-state index in [9.17, 15) is 22.8 Å². The Morgan fingerprint density at radius 1 is 1.15 bits per heavy atom. The predicted octanol–water partition coefficient (Wildman–Crippen LogP) is -0.603. The van der Waals surface area contributed by atoms with Gasteiger partial charge in [0.2, 0.25) is 5.91 Å². The van der Waals surface area contributed by atoms with E-state index in [1.165, 1.54) is 0 Å². The molecule has 9 nitrogen and oxygen atoms in total. The van der Waals surface area contributed by atoms with E-state index in [1.807, 2.05) is 6.92 Å². The second-order valence-electron chi connectivity index (χ2n) is 5.78. The number of carbonyl (C=O) groups excluding carboxylic acids is 3. The number of benzene rings is 1. The maximum atomic E-state index is 12.0. The standard InChI is InChI=1S/C16H21N3O6S/c1-2-25-13-5-3-11(4-6-13)15(21)17-9-14(20)18-19-16(22)12-7-8-26(23,24)10-12/h3-6,12H,2,7-10H2,1H3,(H,17,21)(H,18,20)(H,19,22)/t12-/m0/s1. The van der Waals surface area contributed by atoms with E-state index in [-0.39, 0.29) is 24.5 Å². The van der Waals surface area contributed by atoms with Crippen LogP contribution in [0.25, 0.3) is 0 Å². The van der Waals surface area contributed by atoms with E-state index in [0.717, 1.165) is 0 Å². The molecule has 1 atom stereocenters. The third-order valence-corrected chi connectivity index (χ3v) is 5.53. The summed E-state index contributed by atoms with van der Waals surface area (Å²) in [5.41, 5.74) is 4.69. The van der Waals surface area contributed by atoms with Crippen molar-refractivity contribution in [1.82, 2.24) is 16.2 Å². The summed E-state index contributed by atoms with van der Waals surface area (Å²) in [6, 6.07) is 6.43. The second-order valence-corrected chi connectivity index (χ2v) is 8.01. The Kier molecular flexibility index (Phi) is 6.56. The van der Waals surface area contributed by atoms with Crippen molar-refractivity contribution in [2.24, 2.45) is 5.92 Å². The number of hydrazine groups is 1. The van der Waals surface area contributed by atoms with Crippen LogP contribution >= 0.6 is 0 Å². The molecule has 142 valence electrons. The van der Waals surface area contributed by atoms with E-state index in [1.54, 1.807) is 24.3 Å². The SMILES string of the molecule is CCOc1ccc(C(=O)NCC(=O)NNC(=O)[C@H]2CCS(=O)(=O)C2)cc1. The van der Waals surface area contributed by atoms with Gasteiger partial charge in [0.05, 0.1) is 30.6 Å². The Balaban J connectivity index is 1.72. The molecule has 26 heavy (non-hydrogen) atoms. The predicted molar refractivity (Wildman–Crippen MR) is 93.0 cm³/mol. The second kappa shape index (κ2) is 8.65. The average molecular weight is 383 g/mol. The molecular weight excluding hydrogens is 362 g/mol. The van der Waals surface area contributed by atoms with Crippen LogP contribution in [0.1, 0.15) is 23.7 Å². The van der Waals surface area contributed by atoms with Crippen molar-refractivity contribution in [3.8, 4) is 5.75 Å². The van der Waals surface area contributed by atoms with Crippen molar-refractivity contribution < 1.29 is 27.5 Å². The molecule has 1 aliphatic rings. The molecule has 1 aliphatic heterocycles. The third kappa shape index (κ3) is 5.73. The summed E-state index contributed by atoms with van der Waals surface area (Å²) in [6.07, 6.45) is 0.235. The van der Waals surface area contributed by atoms with Crippen molar-refractivity contribution in [2.45, 2.75) is 13.3 Å². The number of hydrogen-bond acceptors (Lipinski definition) is 6. The number of rotatable bonds is 6. The van der Waals surface area contributed by atoms with Gasteiger partial charge in [-0.2, -0.15) is 0 Å². The minimum atomic E-state index is -3.18. The molecule has 1 aromatic rings. The van der Waals surface area contributed by atoms with E-state index >= 15 is 0 Å². The molecule has 0 bridgehead atoms. The van der Waals surface area contributed by atoms with Crippen LogP contribution in [-0.2, 0) is 19.4 Å². The van der Waals surface area contributed by atoms with Crippen molar-refractivity contribution in [1.29, 1.82) is 0 Å². The van der Waals surface area contributed by atoms with Gasteiger partial charge in [0.25, 0.3) is 11.8 Å². The zero-order valence-corrected chi connectivity index (χ0v) is 15.1. The van der Waals surface area contributed by atoms with Gasteiger partial charge in [0, 0.05) is 5.56 Å². The molecule has 2 rings (SSSR count). The molecule has 1 heterocycles. The van der Waals surface area contributed by atoms with Crippen LogP contribution in [-0.4, -0.2) is 50.8 Å². The summed E-state index contributed by atoms with van der Waals surface area (Å²) < 4.78 is 27.9. The third-order valence-electron chi connectivity index (χ3n) is 3.77. The van der Waals surface area contributed by atoms with E-state index < -0.39 is 33.5 Å². The van der Waals surface area contributed by atoms with Crippen LogP contribution in [0.15, 0.2) is 24.3 Å². The number of sulfone groups is 1.